The van der Waals surface area contributed by atoms with E-state index in [1.165, 1.54) is 0 Å². The second kappa shape index (κ2) is 5.37. The number of nitrogens with two attached hydrogens (primary N) is 1. The number of fused-ring (bicyclic) bond motifs is 1. The first-order valence-corrected chi connectivity index (χ1v) is 6.19. The molecule has 8 nitrogen and oxygen atoms in total. The predicted octanol–water partition coefficient (Wildman–Crippen LogP) is 0.602. The van der Waals surface area contributed by atoms with Crippen molar-refractivity contribution in [3.8, 4) is 0 Å². The SMILES string of the molecule is CCCC(C)(O)CNc1nc(NN)nc2[nH]ncc12. The molecule has 19 heavy (non-hydrogen) atoms. The van der Waals surface area contributed by atoms with E-state index in [9.17, 15) is 5.11 Å². The van der Waals surface area contributed by atoms with Crippen molar-refractivity contribution < 1.29 is 5.11 Å². The van der Waals surface area contributed by atoms with E-state index in [4.69, 9.17) is 5.84 Å². The van der Waals surface area contributed by atoms with Gasteiger partial charge in [0.2, 0.25) is 5.95 Å². The molecule has 2 heterocycles. The minimum atomic E-state index is -0.786. The lowest BCUT2D eigenvalue weighted by Gasteiger charge is -2.23. The van der Waals surface area contributed by atoms with Crippen molar-refractivity contribution in [2.75, 3.05) is 17.3 Å². The summed E-state index contributed by atoms with van der Waals surface area (Å²) in [6.45, 7) is 4.21. The summed E-state index contributed by atoms with van der Waals surface area (Å²) in [6.07, 6.45) is 3.25. The number of nitrogen functional groups attached to an aromatic ring is 1. The normalized spacial score (nSPS) is 14.3. The number of hydrogen-bond acceptors (Lipinski definition) is 7. The summed E-state index contributed by atoms with van der Waals surface area (Å²) in [5.41, 5.74) is 2.20. The fourth-order valence-corrected chi connectivity index (χ4v) is 1.94. The zero-order chi connectivity index (χ0) is 13.9. The Bertz CT molecular complexity index is 551. The molecule has 0 aliphatic carbocycles. The Morgan fingerprint density at radius 3 is 2.95 bits per heavy atom. The standard InChI is InChI=1S/C11H19N7O/c1-3-4-11(2,19)6-13-8-7-5-14-18-9(7)16-10(15-8)17-12/h5,19H,3-4,6,12H2,1-2H3,(H3,13,14,15,16,17,18). The van der Waals surface area contributed by atoms with Crippen LogP contribution in [-0.2, 0) is 0 Å². The molecule has 0 saturated carbocycles. The Kier molecular flexibility index (Phi) is 3.82. The number of aliphatic hydroxyl groups is 1. The lowest BCUT2D eigenvalue weighted by molar-refractivity contribution is 0.0636. The Morgan fingerprint density at radius 1 is 1.47 bits per heavy atom. The minimum absolute atomic E-state index is 0.286. The molecule has 8 heteroatoms. The summed E-state index contributed by atoms with van der Waals surface area (Å²) in [4.78, 5) is 8.35. The van der Waals surface area contributed by atoms with Gasteiger partial charge in [-0.15, -0.1) is 0 Å². The van der Waals surface area contributed by atoms with E-state index in [1.54, 1.807) is 13.1 Å². The second-order valence-corrected chi connectivity index (χ2v) is 4.77. The van der Waals surface area contributed by atoms with Crippen LogP contribution in [0.2, 0.25) is 0 Å². The highest BCUT2D eigenvalue weighted by Gasteiger charge is 2.20. The van der Waals surface area contributed by atoms with Gasteiger partial charge in [0.15, 0.2) is 5.65 Å². The highest BCUT2D eigenvalue weighted by atomic mass is 16.3. The number of rotatable bonds is 6. The van der Waals surface area contributed by atoms with E-state index in [-0.39, 0.29) is 5.95 Å². The lowest BCUT2D eigenvalue weighted by Crippen LogP contribution is -2.33. The number of hydrazine groups is 1. The molecule has 2 aromatic heterocycles. The third kappa shape index (κ3) is 3.09. The first-order chi connectivity index (χ1) is 9.05. The Balaban J connectivity index is 2.22. The molecule has 104 valence electrons. The molecule has 0 radical (unpaired) electrons. The Labute approximate surface area is 110 Å². The van der Waals surface area contributed by atoms with Crippen LogP contribution in [0.3, 0.4) is 0 Å². The van der Waals surface area contributed by atoms with Crippen molar-refractivity contribution >= 4 is 22.8 Å². The summed E-state index contributed by atoms with van der Waals surface area (Å²) in [5.74, 6) is 6.19. The molecule has 0 aliphatic rings. The van der Waals surface area contributed by atoms with Gasteiger partial charge in [-0.25, -0.2) is 5.84 Å². The van der Waals surface area contributed by atoms with Gasteiger partial charge in [0.1, 0.15) is 5.82 Å². The van der Waals surface area contributed by atoms with Crippen molar-refractivity contribution in [1.82, 2.24) is 20.2 Å². The van der Waals surface area contributed by atoms with Crippen LogP contribution in [0.25, 0.3) is 11.0 Å². The number of nitrogens with one attached hydrogen (secondary N) is 3. The molecule has 0 aromatic carbocycles. The molecule has 0 bridgehead atoms. The summed E-state index contributed by atoms with van der Waals surface area (Å²) < 4.78 is 0. The molecule has 2 rings (SSSR count). The Morgan fingerprint density at radius 2 is 2.26 bits per heavy atom. The molecule has 0 saturated heterocycles. The molecule has 6 N–H and O–H groups in total. The van der Waals surface area contributed by atoms with Gasteiger partial charge in [-0.1, -0.05) is 13.3 Å². The van der Waals surface area contributed by atoms with Gasteiger partial charge >= 0.3 is 0 Å². The van der Waals surface area contributed by atoms with Crippen molar-refractivity contribution in [2.24, 2.45) is 5.84 Å². The fraction of sp³-hybridized carbons (Fsp3) is 0.545. The number of anilines is 2. The highest BCUT2D eigenvalue weighted by molar-refractivity contribution is 5.86. The summed E-state index contributed by atoms with van der Waals surface area (Å²) in [6, 6.07) is 0. The van der Waals surface area contributed by atoms with Gasteiger partial charge in [0.25, 0.3) is 0 Å². The fourth-order valence-electron chi connectivity index (χ4n) is 1.94. The van der Waals surface area contributed by atoms with Crippen LogP contribution in [0, 0.1) is 0 Å². The van der Waals surface area contributed by atoms with E-state index in [0.717, 1.165) is 11.8 Å². The number of hydrogen-bond donors (Lipinski definition) is 5. The Hall–Kier alpha value is -1.93. The van der Waals surface area contributed by atoms with Crippen molar-refractivity contribution in [2.45, 2.75) is 32.3 Å². The molecule has 0 spiro atoms. The number of nitrogens with zero attached hydrogens (tertiary/aromatic N) is 3. The maximum atomic E-state index is 10.2. The van der Waals surface area contributed by atoms with Crippen molar-refractivity contribution in [3.05, 3.63) is 6.20 Å². The molecular formula is C11H19N7O. The van der Waals surface area contributed by atoms with Gasteiger partial charge in [0, 0.05) is 6.54 Å². The molecule has 0 aliphatic heterocycles. The molecule has 0 amide bonds. The quantitative estimate of drug-likeness (QED) is 0.382. The smallest absolute Gasteiger partial charge is 0.241 e. The van der Waals surface area contributed by atoms with Crippen LogP contribution in [-0.4, -0.2) is 37.4 Å². The summed E-state index contributed by atoms with van der Waals surface area (Å²) in [7, 11) is 0. The number of aromatic nitrogens is 4. The number of aromatic amines is 1. The van der Waals surface area contributed by atoms with E-state index in [2.05, 4.69) is 30.9 Å². The van der Waals surface area contributed by atoms with E-state index in [1.807, 2.05) is 6.92 Å². The monoisotopic (exact) mass is 265 g/mol. The lowest BCUT2D eigenvalue weighted by atomic mass is 10.0. The molecule has 1 unspecified atom stereocenters. The maximum absolute atomic E-state index is 10.2. The minimum Gasteiger partial charge on any atom is -0.388 e. The second-order valence-electron chi connectivity index (χ2n) is 4.77. The van der Waals surface area contributed by atoms with Crippen LogP contribution >= 0.6 is 0 Å². The van der Waals surface area contributed by atoms with Crippen LogP contribution in [0.1, 0.15) is 26.7 Å². The predicted molar refractivity (Wildman–Crippen MR) is 73.5 cm³/mol. The molecule has 1 atom stereocenters. The number of H-pyrrole nitrogens is 1. The first kappa shape index (κ1) is 13.5. The zero-order valence-corrected chi connectivity index (χ0v) is 11.1. The molecular weight excluding hydrogens is 246 g/mol. The van der Waals surface area contributed by atoms with Crippen LogP contribution < -0.4 is 16.6 Å². The highest BCUT2D eigenvalue weighted by Crippen LogP contribution is 2.21. The van der Waals surface area contributed by atoms with Gasteiger partial charge < -0.3 is 10.4 Å². The summed E-state index contributed by atoms with van der Waals surface area (Å²) in [5, 5.41) is 20.7. The van der Waals surface area contributed by atoms with Crippen LogP contribution in [0.15, 0.2) is 6.20 Å². The first-order valence-electron chi connectivity index (χ1n) is 6.19. The largest absolute Gasteiger partial charge is 0.388 e. The third-order valence-corrected chi connectivity index (χ3v) is 2.86. The van der Waals surface area contributed by atoms with Crippen molar-refractivity contribution in [3.63, 3.8) is 0 Å². The average molecular weight is 265 g/mol. The van der Waals surface area contributed by atoms with Gasteiger partial charge in [0.05, 0.1) is 17.2 Å². The molecule has 2 aromatic rings. The van der Waals surface area contributed by atoms with Crippen LogP contribution in [0.5, 0.6) is 0 Å². The van der Waals surface area contributed by atoms with Gasteiger partial charge in [-0.2, -0.15) is 15.1 Å². The van der Waals surface area contributed by atoms with Gasteiger partial charge in [-0.3, -0.25) is 10.5 Å². The molecule has 0 fully saturated rings. The van der Waals surface area contributed by atoms with E-state index < -0.39 is 5.60 Å². The van der Waals surface area contributed by atoms with Crippen LogP contribution in [0.4, 0.5) is 11.8 Å². The average Bonchev–Trinajstić information content (AvgIpc) is 2.83. The van der Waals surface area contributed by atoms with E-state index in [0.29, 0.717) is 24.4 Å². The third-order valence-electron chi connectivity index (χ3n) is 2.86. The van der Waals surface area contributed by atoms with Crippen molar-refractivity contribution in [1.29, 1.82) is 0 Å². The maximum Gasteiger partial charge on any atom is 0.241 e. The zero-order valence-electron chi connectivity index (χ0n) is 11.1. The topological polar surface area (TPSA) is 125 Å². The van der Waals surface area contributed by atoms with Gasteiger partial charge in [-0.05, 0) is 13.3 Å². The van der Waals surface area contributed by atoms with E-state index >= 15 is 0 Å². The summed E-state index contributed by atoms with van der Waals surface area (Å²) >= 11 is 0.